The zero-order valence-corrected chi connectivity index (χ0v) is 55.4. The summed E-state index contributed by atoms with van der Waals surface area (Å²) in [6.45, 7) is 3.98. The number of esters is 2. The van der Waals surface area contributed by atoms with E-state index in [0.717, 1.165) is 109 Å². The first kappa shape index (κ1) is 80.2. The lowest BCUT2D eigenvalue weighted by Crippen LogP contribution is -2.37. The van der Waals surface area contributed by atoms with Gasteiger partial charge in [0.15, 0.2) is 6.10 Å². The number of phosphoric ester groups is 1. The highest BCUT2D eigenvalue weighted by molar-refractivity contribution is 7.45. The summed E-state index contributed by atoms with van der Waals surface area (Å²) in [5, 5.41) is 0. The Bertz CT molecular complexity index is 1880. The van der Waals surface area contributed by atoms with Crippen LogP contribution in [0.2, 0.25) is 0 Å². The Balaban J connectivity index is 4.08. The van der Waals surface area contributed by atoms with Crippen molar-refractivity contribution in [2.24, 2.45) is 0 Å². The van der Waals surface area contributed by atoms with E-state index in [-0.39, 0.29) is 26.1 Å². The van der Waals surface area contributed by atoms with Crippen LogP contribution in [0.4, 0.5) is 0 Å². The molecule has 0 aromatic rings. The zero-order valence-electron chi connectivity index (χ0n) is 54.6. The number of hydrogen-bond donors (Lipinski definition) is 0. The molecule has 0 radical (unpaired) electrons. The van der Waals surface area contributed by atoms with E-state index in [1.165, 1.54) is 128 Å². The highest BCUT2D eigenvalue weighted by Crippen LogP contribution is 2.38. The predicted octanol–water partition coefficient (Wildman–Crippen LogP) is 21.4. The number of likely N-dealkylation sites (N-methyl/N-ethyl adjacent to an activating group) is 1. The fraction of sp³-hybridized carbons (Fsp3) is 0.676. The third kappa shape index (κ3) is 67.3. The minimum absolute atomic E-state index is 0.0432. The summed E-state index contributed by atoms with van der Waals surface area (Å²) < 4.78 is 34.2. The minimum Gasteiger partial charge on any atom is -0.756 e. The van der Waals surface area contributed by atoms with Gasteiger partial charge in [-0.2, -0.15) is 0 Å². The molecule has 480 valence electrons. The summed E-state index contributed by atoms with van der Waals surface area (Å²) in [6, 6.07) is 0. The highest BCUT2D eigenvalue weighted by Gasteiger charge is 2.22. The van der Waals surface area contributed by atoms with Crippen LogP contribution in [0.25, 0.3) is 0 Å². The lowest BCUT2D eigenvalue weighted by atomic mass is 10.0. The molecule has 0 saturated heterocycles. The number of ether oxygens (including phenoxy) is 2. The van der Waals surface area contributed by atoms with Gasteiger partial charge in [-0.05, 0) is 109 Å². The lowest BCUT2D eigenvalue weighted by Gasteiger charge is -2.28. The molecule has 2 unspecified atom stereocenters. The molecular formula is C74H126NO8P. The first-order valence-corrected chi connectivity index (χ1v) is 35.4. The van der Waals surface area contributed by atoms with Crippen molar-refractivity contribution in [3.05, 3.63) is 134 Å². The molecule has 0 spiro atoms. The second-order valence-electron chi connectivity index (χ2n) is 23.4. The van der Waals surface area contributed by atoms with Crippen molar-refractivity contribution >= 4 is 19.8 Å². The fourth-order valence-electron chi connectivity index (χ4n) is 9.04. The van der Waals surface area contributed by atoms with Crippen molar-refractivity contribution in [2.45, 2.75) is 277 Å². The van der Waals surface area contributed by atoms with Gasteiger partial charge in [-0.3, -0.25) is 14.2 Å². The number of quaternary nitrogens is 1. The molecule has 0 saturated carbocycles. The Morgan fingerprint density at radius 3 is 0.964 bits per heavy atom. The molecule has 0 aromatic heterocycles. The van der Waals surface area contributed by atoms with Crippen LogP contribution in [0.1, 0.15) is 271 Å². The first-order valence-electron chi connectivity index (χ1n) is 33.9. The number of nitrogens with zero attached hydrogens (tertiary/aromatic N) is 1. The third-order valence-corrected chi connectivity index (χ3v) is 15.1. The van der Waals surface area contributed by atoms with Crippen LogP contribution in [0.5, 0.6) is 0 Å². The number of carbonyl (C=O) groups is 2. The quantitative estimate of drug-likeness (QED) is 0.0195. The molecule has 9 nitrogen and oxygen atoms in total. The van der Waals surface area contributed by atoms with Gasteiger partial charge in [0.2, 0.25) is 0 Å². The summed E-state index contributed by atoms with van der Waals surface area (Å²) in [6.07, 6.45) is 92.5. The van der Waals surface area contributed by atoms with E-state index in [1.807, 2.05) is 21.1 Å². The zero-order chi connectivity index (χ0) is 61.2. The molecule has 10 heteroatoms. The number of phosphoric acid groups is 1. The third-order valence-electron chi connectivity index (χ3n) is 14.2. The van der Waals surface area contributed by atoms with Gasteiger partial charge in [0.1, 0.15) is 19.8 Å². The van der Waals surface area contributed by atoms with Gasteiger partial charge in [0.25, 0.3) is 7.82 Å². The summed E-state index contributed by atoms with van der Waals surface area (Å²) in [4.78, 5) is 38.0. The van der Waals surface area contributed by atoms with Crippen molar-refractivity contribution in [2.75, 3.05) is 47.5 Å². The van der Waals surface area contributed by atoms with E-state index in [4.69, 9.17) is 18.5 Å². The van der Waals surface area contributed by atoms with E-state index in [2.05, 4.69) is 148 Å². The van der Waals surface area contributed by atoms with E-state index < -0.39 is 32.5 Å². The minimum atomic E-state index is -4.66. The topological polar surface area (TPSA) is 111 Å². The molecule has 2 atom stereocenters. The van der Waals surface area contributed by atoms with Crippen molar-refractivity contribution in [3.63, 3.8) is 0 Å². The van der Waals surface area contributed by atoms with Crippen molar-refractivity contribution in [1.29, 1.82) is 0 Å². The first-order chi connectivity index (χ1) is 41.0. The Morgan fingerprint density at radius 1 is 0.369 bits per heavy atom. The predicted molar refractivity (Wildman–Crippen MR) is 360 cm³/mol. The van der Waals surface area contributed by atoms with Crippen LogP contribution >= 0.6 is 7.82 Å². The molecule has 0 aliphatic heterocycles. The average molecular weight is 1190 g/mol. The Hall–Kier alpha value is -3.85. The molecule has 0 aliphatic carbocycles. The van der Waals surface area contributed by atoms with E-state index >= 15 is 0 Å². The number of unbranched alkanes of at least 4 members (excludes halogenated alkanes) is 25. The molecule has 0 aromatic carbocycles. The van der Waals surface area contributed by atoms with Crippen molar-refractivity contribution in [1.82, 2.24) is 0 Å². The van der Waals surface area contributed by atoms with Gasteiger partial charge in [-0.25, -0.2) is 0 Å². The van der Waals surface area contributed by atoms with Gasteiger partial charge in [0, 0.05) is 12.8 Å². The number of hydrogen-bond acceptors (Lipinski definition) is 8. The highest BCUT2D eigenvalue weighted by atomic mass is 31.2. The van der Waals surface area contributed by atoms with Crippen molar-refractivity contribution in [3.8, 4) is 0 Å². The van der Waals surface area contributed by atoms with Crippen LogP contribution in [-0.4, -0.2) is 70.0 Å². The van der Waals surface area contributed by atoms with Crippen molar-refractivity contribution < 1.29 is 42.1 Å². The maximum atomic E-state index is 12.8. The summed E-state index contributed by atoms with van der Waals surface area (Å²) >= 11 is 0. The number of carbonyl (C=O) groups excluding carboxylic acids is 2. The SMILES string of the molecule is CC/C=C\C/C=C\C/C=C\C/C=C\C/C=C\C/C=C\C/C=C\CCCCCC(=O)OC(COC(=O)CCCCCCCCCCCCCCCCCCCCCCCC/C=C\C/C=C\C/C=C\C/C=C\CC)COP(=O)([O-])OCC[N+](C)(C)C. The lowest BCUT2D eigenvalue weighted by molar-refractivity contribution is -0.870. The van der Waals surface area contributed by atoms with Crippen LogP contribution in [0, 0.1) is 0 Å². The van der Waals surface area contributed by atoms with Gasteiger partial charge in [-0.1, -0.05) is 282 Å². The molecule has 0 aliphatic rings. The van der Waals surface area contributed by atoms with Crippen LogP contribution in [0.3, 0.4) is 0 Å². The molecule has 84 heavy (non-hydrogen) atoms. The smallest absolute Gasteiger partial charge is 0.306 e. The monoisotopic (exact) mass is 1190 g/mol. The van der Waals surface area contributed by atoms with Crippen LogP contribution in [-0.2, 0) is 32.7 Å². The molecule has 0 bridgehead atoms. The van der Waals surface area contributed by atoms with E-state index in [9.17, 15) is 19.0 Å². The summed E-state index contributed by atoms with van der Waals surface area (Å²) in [5.74, 6) is -0.872. The largest absolute Gasteiger partial charge is 0.756 e. The van der Waals surface area contributed by atoms with Gasteiger partial charge in [-0.15, -0.1) is 0 Å². The molecular weight excluding hydrogens is 1060 g/mol. The second-order valence-corrected chi connectivity index (χ2v) is 24.8. The standard InChI is InChI=1S/C74H126NO8P/c1-6-8-10-12-14-16-18-20-22-24-26-28-30-32-33-34-35-36-37-38-39-40-41-43-44-46-48-50-52-54-56-58-60-62-64-66-73(76)80-70-72(71-82-84(78,79)81-69-68-75(3,4)5)83-74(77)67-65-63-61-59-57-55-53-51-49-47-45-42-31-29-27-25-23-21-19-17-15-13-11-9-7-2/h8-11,14-17,20-23,26-29,42,45,49,51,55,57,72H,6-7,12-13,18-19,24-25,30-41,43-44,46-48,50,52-54,56,58-71H2,1-5H3/b10-8-,11-9-,16-14-,17-15-,22-20-,23-21-,28-26-,29-27-,45-42-,51-49-,57-55-. The van der Waals surface area contributed by atoms with Gasteiger partial charge < -0.3 is 27.9 Å². The maximum Gasteiger partial charge on any atom is 0.306 e. The summed E-state index contributed by atoms with van der Waals surface area (Å²) in [5.41, 5.74) is 0. The Kier molecular flexibility index (Phi) is 60.7. The van der Waals surface area contributed by atoms with Gasteiger partial charge >= 0.3 is 11.9 Å². The second kappa shape index (κ2) is 63.6. The van der Waals surface area contributed by atoms with Crippen LogP contribution in [0.15, 0.2) is 134 Å². The number of allylic oxidation sites excluding steroid dienone is 22. The normalized spacial score (nSPS) is 14.0. The molecule has 0 heterocycles. The van der Waals surface area contributed by atoms with E-state index in [0.29, 0.717) is 17.4 Å². The van der Waals surface area contributed by atoms with E-state index in [1.54, 1.807) is 0 Å². The Morgan fingerprint density at radius 2 is 0.643 bits per heavy atom. The van der Waals surface area contributed by atoms with Crippen LogP contribution < -0.4 is 4.89 Å². The fourth-order valence-corrected chi connectivity index (χ4v) is 9.77. The molecule has 0 fully saturated rings. The van der Waals surface area contributed by atoms with Gasteiger partial charge in [0.05, 0.1) is 27.7 Å². The number of rotatable bonds is 61. The molecule has 0 N–H and O–H groups in total. The molecule has 0 amide bonds. The Labute approximate surface area is 517 Å². The average Bonchev–Trinajstić information content (AvgIpc) is 3.60. The summed E-state index contributed by atoms with van der Waals surface area (Å²) in [7, 11) is 1.13. The maximum absolute atomic E-state index is 12.8. The molecule has 0 rings (SSSR count).